The second kappa shape index (κ2) is 5.92. The lowest BCUT2D eigenvalue weighted by Crippen LogP contribution is -2.61. The predicted molar refractivity (Wildman–Crippen MR) is 94.3 cm³/mol. The molecule has 3 atom stereocenters. The highest BCUT2D eigenvalue weighted by Gasteiger charge is 2.69. The molecule has 2 fully saturated rings. The smallest absolute Gasteiger partial charge is 0.349 e. The summed E-state index contributed by atoms with van der Waals surface area (Å²) < 4.78 is 18.2. The molecule has 0 aromatic rings. The second-order valence-corrected chi connectivity index (χ2v) is 13.9. The highest BCUT2D eigenvalue weighted by molar-refractivity contribution is 6.69. The summed E-state index contributed by atoms with van der Waals surface area (Å²) in [6.07, 6.45) is 0.985. The molecule has 2 heterocycles. The van der Waals surface area contributed by atoms with E-state index in [0.717, 1.165) is 0 Å². The molecule has 2 saturated heterocycles. The van der Waals surface area contributed by atoms with Gasteiger partial charge in [-0.1, -0.05) is 13.8 Å². The van der Waals surface area contributed by atoms with Gasteiger partial charge in [0.2, 0.25) is 5.60 Å². The molecule has 138 valence electrons. The topological polar surface area (TPSA) is 61.8 Å². The van der Waals surface area contributed by atoms with Gasteiger partial charge in [-0.05, 0) is 52.8 Å². The maximum atomic E-state index is 13.0. The molecule has 2 aliphatic heterocycles. The summed E-state index contributed by atoms with van der Waals surface area (Å²) in [6.45, 7) is 15.7. The maximum absolute atomic E-state index is 13.0. The van der Waals surface area contributed by atoms with Gasteiger partial charge < -0.3 is 13.9 Å². The SMILES string of the molecule is CC(C)[C@]12CCC(=O)[C@](C(=O)OC(C)(C)C)(O1)[C@@H](O[Si](C)(C)C)C2. The van der Waals surface area contributed by atoms with Crippen molar-refractivity contribution < 1.29 is 23.5 Å². The Morgan fingerprint density at radius 2 is 1.88 bits per heavy atom. The zero-order valence-electron chi connectivity index (χ0n) is 16.3. The van der Waals surface area contributed by atoms with Crippen LogP contribution in [0.2, 0.25) is 19.6 Å². The lowest BCUT2D eigenvalue weighted by Gasteiger charge is -2.41. The molecule has 0 saturated carbocycles. The molecule has 0 spiro atoms. The van der Waals surface area contributed by atoms with Crippen molar-refractivity contribution in [1.82, 2.24) is 0 Å². The van der Waals surface area contributed by atoms with Crippen LogP contribution in [0.5, 0.6) is 0 Å². The van der Waals surface area contributed by atoms with Gasteiger partial charge in [-0.25, -0.2) is 4.79 Å². The van der Waals surface area contributed by atoms with Crippen LogP contribution in [0.1, 0.15) is 53.9 Å². The first-order chi connectivity index (χ1) is 10.7. The van der Waals surface area contributed by atoms with E-state index in [1.807, 2.05) is 0 Å². The number of carbonyl (C=O) groups excluding carboxylic acids is 2. The van der Waals surface area contributed by atoms with Crippen molar-refractivity contribution in [2.75, 3.05) is 0 Å². The van der Waals surface area contributed by atoms with Crippen LogP contribution in [-0.2, 0) is 23.5 Å². The summed E-state index contributed by atoms with van der Waals surface area (Å²) >= 11 is 0. The van der Waals surface area contributed by atoms with E-state index in [4.69, 9.17) is 13.9 Å². The minimum Gasteiger partial charge on any atom is -0.457 e. The minimum atomic E-state index is -1.97. The van der Waals surface area contributed by atoms with Crippen LogP contribution in [0.3, 0.4) is 0 Å². The van der Waals surface area contributed by atoms with Crippen LogP contribution in [0.25, 0.3) is 0 Å². The molecular formula is C18H32O5Si. The Hall–Kier alpha value is -0.723. The number of ether oxygens (including phenoxy) is 2. The van der Waals surface area contributed by atoms with Gasteiger partial charge in [-0.3, -0.25) is 4.79 Å². The molecule has 6 heteroatoms. The van der Waals surface area contributed by atoms with Gasteiger partial charge >= 0.3 is 5.97 Å². The van der Waals surface area contributed by atoms with Crippen LogP contribution >= 0.6 is 0 Å². The molecule has 0 unspecified atom stereocenters. The number of hydrogen-bond acceptors (Lipinski definition) is 5. The summed E-state index contributed by atoms with van der Waals surface area (Å²) in [5, 5.41) is 0. The van der Waals surface area contributed by atoms with Crippen molar-refractivity contribution in [2.24, 2.45) is 5.92 Å². The van der Waals surface area contributed by atoms with Crippen molar-refractivity contribution in [3.8, 4) is 0 Å². The lowest BCUT2D eigenvalue weighted by atomic mass is 9.83. The van der Waals surface area contributed by atoms with Gasteiger partial charge in [-0.15, -0.1) is 0 Å². The van der Waals surface area contributed by atoms with E-state index in [-0.39, 0.29) is 11.7 Å². The number of ketones is 1. The number of Topliss-reactive ketones (excluding diaryl/α,β-unsaturated/α-hetero) is 1. The lowest BCUT2D eigenvalue weighted by molar-refractivity contribution is -0.210. The molecule has 2 bridgehead atoms. The summed E-state index contributed by atoms with van der Waals surface area (Å²) in [4.78, 5) is 25.9. The quantitative estimate of drug-likeness (QED) is 0.438. The molecule has 0 aromatic carbocycles. The predicted octanol–water partition coefficient (Wildman–Crippen LogP) is 3.47. The fraction of sp³-hybridized carbons (Fsp3) is 0.889. The molecule has 2 rings (SSSR count). The highest BCUT2D eigenvalue weighted by Crippen LogP contribution is 2.52. The number of rotatable bonds is 4. The molecular weight excluding hydrogens is 324 g/mol. The second-order valence-electron chi connectivity index (χ2n) is 9.41. The Balaban J connectivity index is 2.47. The summed E-state index contributed by atoms with van der Waals surface area (Å²) in [6, 6.07) is 0. The van der Waals surface area contributed by atoms with E-state index in [2.05, 4.69) is 33.5 Å². The molecule has 0 N–H and O–H groups in total. The van der Waals surface area contributed by atoms with Gasteiger partial charge in [0.1, 0.15) is 5.60 Å². The standard InChI is InChI=1S/C18H32O5Si/c1-12(2)17-10-9-13(19)18(23-17,15(20)21-16(3,4)5)14(11-17)22-24(6,7)8/h12,14H,9-11H2,1-8H3/t14-,17+,18-/m0/s1. The van der Waals surface area contributed by atoms with Crippen LogP contribution in [0, 0.1) is 5.92 Å². The number of fused-ring (bicyclic) bond motifs is 2. The third-order valence-corrected chi connectivity index (χ3v) is 5.78. The molecule has 2 aliphatic rings. The fourth-order valence-electron chi connectivity index (χ4n) is 3.62. The first-order valence-electron chi connectivity index (χ1n) is 8.87. The fourth-order valence-corrected chi connectivity index (χ4v) is 4.72. The van der Waals surface area contributed by atoms with Crippen molar-refractivity contribution >= 4 is 20.1 Å². The Kier molecular flexibility index (Phi) is 4.83. The van der Waals surface area contributed by atoms with E-state index in [9.17, 15) is 9.59 Å². The van der Waals surface area contributed by atoms with Gasteiger partial charge in [0, 0.05) is 12.8 Å². The van der Waals surface area contributed by atoms with E-state index < -0.39 is 37.2 Å². The first kappa shape index (κ1) is 19.6. The zero-order chi connectivity index (χ0) is 18.6. The van der Waals surface area contributed by atoms with Crippen LogP contribution in [0.15, 0.2) is 0 Å². The number of hydrogen-bond donors (Lipinski definition) is 0. The molecule has 0 amide bonds. The average Bonchev–Trinajstić information content (AvgIpc) is 2.63. The average molecular weight is 357 g/mol. The van der Waals surface area contributed by atoms with Crippen LogP contribution < -0.4 is 0 Å². The normalized spacial score (nSPS) is 33.9. The Labute approximate surface area is 146 Å². The largest absolute Gasteiger partial charge is 0.457 e. The molecule has 5 nitrogen and oxygen atoms in total. The van der Waals surface area contributed by atoms with E-state index in [1.165, 1.54) is 0 Å². The van der Waals surface area contributed by atoms with Gasteiger partial charge in [0.15, 0.2) is 14.1 Å². The van der Waals surface area contributed by atoms with Crippen molar-refractivity contribution in [1.29, 1.82) is 0 Å². The van der Waals surface area contributed by atoms with E-state index >= 15 is 0 Å². The highest BCUT2D eigenvalue weighted by atomic mass is 28.4. The van der Waals surface area contributed by atoms with E-state index in [0.29, 0.717) is 19.3 Å². The van der Waals surface area contributed by atoms with Crippen molar-refractivity contribution in [3.63, 3.8) is 0 Å². The Morgan fingerprint density at radius 1 is 1.29 bits per heavy atom. The van der Waals surface area contributed by atoms with Gasteiger partial charge in [-0.2, -0.15) is 0 Å². The third-order valence-electron chi connectivity index (χ3n) is 4.79. The molecule has 0 aromatic heterocycles. The van der Waals surface area contributed by atoms with Gasteiger partial charge in [0.25, 0.3) is 0 Å². The van der Waals surface area contributed by atoms with Gasteiger partial charge in [0.05, 0.1) is 11.7 Å². The maximum Gasteiger partial charge on any atom is 0.349 e. The molecule has 0 radical (unpaired) electrons. The van der Waals surface area contributed by atoms with Crippen LogP contribution in [-0.4, -0.2) is 43.0 Å². The third kappa shape index (κ3) is 3.46. The number of esters is 1. The summed E-state index contributed by atoms with van der Waals surface area (Å²) in [5.74, 6) is -0.595. The Bertz CT molecular complexity index is 531. The molecule has 0 aliphatic carbocycles. The monoisotopic (exact) mass is 356 g/mol. The summed E-state index contributed by atoms with van der Waals surface area (Å²) in [5.41, 5.74) is -2.77. The van der Waals surface area contributed by atoms with Crippen molar-refractivity contribution in [3.05, 3.63) is 0 Å². The first-order valence-corrected chi connectivity index (χ1v) is 12.3. The molecule has 24 heavy (non-hydrogen) atoms. The minimum absolute atomic E-state index is 0.197. The Morgan fingerprint density at radius 3 is 2.33 bits per heavy atom. The van der Waals surface area contributed by atoms with Crippen molar-refractivity contribution in [2.45, 2.75) is 96.4 Å². The number of carbonyl (C=O) groups is 2. The van der Waals surface area contributed by atoms with Crippen LogP contribution in [0.4, 0.5) is 0 Å². The van der Waals surface area contributed by atoms with E-state index in [1.54, 1.807) is 20.8 Å². The summed E-state index contributed by atoms with van der Waals surface area (Å²) in [7, 11) is -1.97. The zero-order valence-corrected chi connectivity index (χ0v) is 17.3.